The molecule has 2 aliphatic rings. The first-order valence-electron chi connectivity index (χ1n) is 9.91. The first-order valence-corrected chi connectivity index (χ1v) is 12.6. The van der Waals surface area contributed by atoms with E-state index in [4.69, 9.17) is 11.6 Å². The predicted molar refractivity (Wildman–Crippen MR) is 114 cm³/mol. The van der Waals surface area contributed by atoms with E-state index in [-0.39, 0.29) is 21.5 Å². The number of rotatable bonds is 7. The fourth-order valence-corrected chi connectivity index (χ4v) is 5.84. The molecule has 1 aliphatic carbocycles. The number of amides is 1. The van der Waals surface area contributed by atoms with Crippen molar-refractivity contribution in [1.82, 2.24) is 24.5 Å². The number of tetrazole rings is 1. The van der Waals surface area contributed by atoms with E-state index >= 15 is 0 Å². The fourth-order valence-electron chi connectivity index (χ4n) is 3.27. The summed E-state index contributed by atoms with van der Waals surface area (Å²) in [6, 6.07) is 4.71. The van der Waals surface area contributed by atoms with Crippen LogP contribution in [0.4, 0.5) is 5.69 Å². The molecule has 4 rings (SSSR count). The standard InChI is InChI=1S/C18H23ClN6O3S2/c1-12(29-18-21-22-23-25(18)13-5-6-13)17(26)20-16-11-14(7-8-15(16)19)30(27,28)24-9-3-2-4-10-24/h7-8,11-13H,2-6,9-10H2,1H3,(H,20,26)/t12-/m1/s1. The van der Waals surface area contributed by atoms with Crippen molar-refractivity contribution in [2.24, 2.45) is 0 Å². The summed E-state index contributed by atoms with van der Waals surface area (Å²) in [6.45, 7) is 2.76. The molecule has 1 N–H and O–H groups in total. The summed E-state index contributed by atoms with van der Waals surface area (Å²) in [5.74, 6) is -0.306. The molecule has 0 radical (unpaired) electrons. The molecular formula is C18H23ClN6O3S2. The van der Waals surface area contributed by atoms with Crippen LogP contribution in [0.2, 0.25) is 5.02 Å². The number of aromatic nitrogens is 4. The maximum absolute atomic E-state index is 12.9. The number of anilines is 1. The summed E-state index contributed by atoms with van der Waals surface area (Å²) in [5.41, 5.74) is 0.272. The average molecular weight is 471 g/mol. The van der Waals surface area contributed by atoms with Gasteiger partial charge >= 0.3 is 0 Å². The molecule has 2 aromatic rings. The number of carbonyl (C=O) groups is 1. The van der Waals surface area contributed by atoms with Gasteiger partial charge in [0.2, 0.25) is 21.1 Å². The second kappa shape index (κ2) is 8.81. The van der Waals surface area contributed by atoms with Gasteiger partial charge in [-0.15, -0.1) is 5.10 Å². The molecule has 9 nitrogen and oxygen atoms in total. The second-order valence-corrected chi connectivity index (χ2v) is 11.1. The molecule has 1 atom stereocenters. The number of carbonyl (C=O) groups excluding carboxylic acids is 1. The summed E-state index contributed by atoms with van der Waals surface area (Å²) in [4.78, 5) is 12.8. The van der Waals surface area contributed by atoms with Crippen LogP contribution in [0.5, 0.6) is 0 Å². The number of thioether (sulfide) groups is 1. The minimum atomic E-state index is -3.62. The summed E-state index contributed by atoms with van der Waals surface area (Å²) in [5, 5.41) is 14.8. The van der Waals surface area contributed by atoms with E-state index < -0.39 is 15.3 Å². The van der Waals surface area contributed by atoms with Gasteiger partial charge in [0.1, 0.15) is 0 Å². The third-order valence-corrected chi connectivity index (χ3v) is 8.43. The fraction of sp³-hybridized carbons (Fsp3) is 0.556. The number of nitrogens with one attached hydrogen (secondary N) is 1. The van der Waals surface area contributed by atoms with Crippen molar-refractivity contribution in [2.45, 2.75) is 60.4 Å². The van der Waals surface area contributed by atoms with Crippen molar-refractivity contribution >= 4 is 45.0 Å². The number of benzene rings is 1. The zero-order valence-corrected chi connectivity index (χ0v) is 18.9. The Morgan fingerprint density at radius 3 is 2.70 bits per heavy atom. The smallest absolute Gasteiger partial charge is 0.243 e. The van der Waals surface area contributed by atoms with Gasteiger partial charge in [0.25, 0.3) is 0 Å². The highest BCUT2D eigenvalue weighted by atomic mass is 35.5. The molecule has 1 saturated carbocycles. The van der Waals surface area contributed by atoms with E-state index in [2.05, 4.69) is 20.8 Å². The van der Waals surface area contributed by atoms with E-state index in [0.29, 0.717) is 24.3 Å². The summed E-state index contributed by atoms with van der Waals surface area (Å²) in [7, 11) is -3.62. The van der Waals surface area contributed by atoms with Gasteiger partial charge in [-0.25, -0.2) is 13.1 Å². The van der Waals surface area contributed by atoms with Gasteiger partial charge in [0, 0.05) is 13.1 Å². The van der Waals surface area contributed by atoms with Gasteiger partial charge in [-0.2, -0.15) is 4.31 Å². The average Bonchev–Trinajstić information content (AvgIpc) is 3.48. The highest BCUT2D eigenvalue weighted by Gasteiger charge is 2.30. The van der Waals surface area contributed by atoms with Crippen molar-refractivity contribution in [2.75, 3.05) is 18.4 Å². The summed E-state index contributed by atoms with van der Waals surface area (Å²) in [6.07, 6.45) is 4.81. The number of hydrogen-bond donors (Lipinski definition) is 1. The number of hydrogen-bond acceptors (Lipinski definition) is 7. The first-order chi connectivity index (χ1) is 14.4. The lowest BCUT2D eigenvalue weighted by Crippen LogP contribution is -2.35. The molecule has 0 spiro atoms. The molecule has 12 heteroatoms. The predicted octanol–water partition coefficient (Wildman–Crippen LogP) is 2.96. The van der Waals surface area contributed by atoms with Crippen molar-refractivity contribution in [3.8, 4) is 0 Å². The monoisotopic (exact) mass is 470 g/mol. The van der Waals surface area contributed by atoms with E-state index in [1.54, 1.807) is 11.6 Å². The molecule has 2 fully saturated rings. The lowest BCUT2D eigenvalue weighted by atomic mass is 10.2. The Labute approximate surface area is 184 Å². The van der Waals surface area contributed by atoms with Crippen LogP contribution in [-0.4, -0.2) is 57.2 Å². The minimum absolute atomic E-state index is 0.127. The number of halogens is 1. The van der Waals surface area contributed by atoms with Crippen LogP contribution in [0.25, 0.3) is 0 Å². The van der Waals surface area contributed by atoms with Crippen molar-refractivity contribution in [3.05, 3.63) is 23.2 Å². The van der Waals surface area contributed by atoms with Gasteiger partial charge in [0.05, 0.1) is 26.9 Å². The van der Waals surface area contributed by atoms with E-state index in [1.807, 2.05) is 0 Å². The Bertz CT molecular complexity index is 1030. The van der Waals surface area contributed by atoms with Crippen LogP contribution in [0.1, 0.15) is 45.1 Å². The van der Waals surface area contributed by atoms with Crippen LogP contribution >= 0.6 is 23.4 Å². The van der Waals surface area contributed by atoms with Gasteiger partial charge in [0.15, 0.2) is 0 Å². The topological polar surface area (TPSA) is 110 Å². The zero-order valence-electron chi connectivity index (χ0n) is 16.5. The van der Waals surface area contributed by atoms with Crippen LogP contribution in [0.3, 0.4) is 0 Å². The van der Waals surface area contributed by atoms with Gasteiger partial charge in [-0.3, -0.25) is 4.79 Å². The Morgan fingerprint density at radius 1 is 1.27 bits per heavy atom. The molecule has 1 aromatic carbocycles. The molecule has 162 valence electrons. The Hall–Kier alpha value is -1.69. The molecule has 0 bridgehead atoms. The maximum Gasteiger partial charge on any atom is 0.243 e. The van der Waals surface area contributed by atoms with E-state index in [9.17, 15) is 13.2 Å². The zero-order chi connectivity index (χ0) is 21.3. The normalized spacial score (nSPS) is 18.9. The van der Waals surface area contributed by atoms with Gasteiger partial charge < -0.3 is 5.32 Å². The Morgan fingerprint density at radius 2 is 2.00 bits per heavy atom. The molecule has 0 unspecified atom stereocenters. The minimum Gasteiger partial charge on any atom is -0.324 e. The lowest BCUT2D eigenvalue weighted by molar-refractivity contribution is -0.115. The molecule has 2 heterocycles. The first kappa shape index (κ1) is 21.5. The third-order valence-electron chi connectivity index (χ3n) is 5.16. The maximum atomic E-state index is 12.9. The summed E-state index contributed by atoms with van der Waals surface area (Å²) < 4.78 is 29.1. The van der Waals surface area contributed by atoms with Crippen LogP contribution in [-0.2, 0) is 14.8 Å². The SMILES string of the molecule is C[C@@H](Sc1nnnn1C1CC1)C(=O)Nc1cc(S(=O)(=O)N2CCCCC2)ccc1Cl. The van der Waals surface area contributed by atoms with Crippen molar-refractivity contribution in [1.29, 1.82) is 0 Å². The van der Waals surface area contributed by atoms with E-state index in [0.717, 1.165) is 32.1 Å². The van der Waals surface area contributed by atoms with Crippen molar-refractivity contribution < 1.29 is 13.2 Å². The van der Waals surface area contributed by atoms with E-state index in [1.165, 1.54) is 34.3 Å². The summed E-state index contributed by atoms with van der Waals surface area (Å²) >= 11 is 7.49. The largest absolute Gasteiger partial charge is 0.324 e. The molecule has 1 aliphatic heterocycles. The van der Waals surface area contributed by atoms with Gasteiger partial charge in [-0.05, 0) is 61.2 Å². The molecular weight excluding hydrogens is 448 g/mol. The third kappa shape index (κ3) is 4.63. The highest BCUT2D eigenvalue weighted by molar-refractivity contribution is 8.00. The Balaban J connectivity index is 1.47. The number of piperidine rings is 1. The van der Waals surface area contributed by atoms with Crippen LogP contribution < -0.4 is 5.32 Å². The number of nitrogens with zero attached hydrogens (tertiary/aromatic N) is 5. The quantitative estimate of drug-likeness (QED) is 0.619. The molecule has 1 aromatic heterocycles. The number of sulfonamides is 1. The van der Waals surface area contributed by atoms with Gasteiger partial charge in [-0.1, -0.05) is 29.8 Å². The highest BCUT2D eigenvalue weighted by Crippen LogP contribution is 2.37. The molecule has 30 heavy (non-hydrogen) atoms. The van der Waals surface area contributed by atoms with Crippen LogP contribution in [0.15, 0.2) is 28.3 Å². The molecule has 1 amide bonds. The van der Waals surface area contributed by atoms with Crippen LogP contribution in [0, 0.1) is 0 Å². The second-order valence-electron chi connectivity index (χ2n) is 7.49. The Kier molecular flexibility index (Phi) is 6.33. The van der Waals surface area contributed by atoms with Crippen molar-refractivity contribution in [3.63, 3.8) is 0 Å². The lowest BCUT2D eigenvalue weighted by Gasteiger charge is -2.26. The molecule has 1 saturated heterocycles.